The molecule has 0 atom stereocenters. The number of hydrogen-bond donors (Lipinski definition) is 2. The standard InChI is InChI=1S/C13H21N3O3S/c1-9-6-7-10(15-12(17)13(2,3)14)8-11(9)20(18,19)16(4)5/h6-8H,14H2,1-5H3,(H,15,17). The van der Waals surface area contributed by atoms with Gasteiger partial charge in [-0.15, -0.1) is 0 Å². The fourth-order valence-electron chi connectivity index (χ4n) is 1.44. The molecule has 0 heterocycles. The summed E-state index contributed by atoms with van der Waals surface area (Å²) in [6, 6.07) is 4.73. The molecule has 0 aromatic heterocycles. The van der Waals surface area contributed by atoms with Gasteiger partial charge in [0.15, 0.2) is 0 Å². The Morgan fingerprint density at radius 1 is 1.30 bits per heavy atom. The maximum atomic E-state index is 12.2. The largest absolute Gasteiger partial charge is 0.324 e. The molecule has 1 amide bonds. The number of amides is 1. The van der Waals surface area contributed by atoms with Gasteiger partial charge in [-0.1, -0.05) is 6.07 Å². The van der Waals surface area contributed by atoms with E-state index >= 15 is 0 Å². The molecule has 7 heteroatoms. The van der Waals surface area contributed by atoms with Crippen LogP contribution in [0.5, 0.6) is 0 Å². The fourth-order valence-corrected chi connectivity index (χ4v) is 2.59. The Balaban J connectivity index is 3.20. The number of anilines is 1. The Morgan fingerprint density at radius 2 is 1.85 bits per heavy atom. The van der Waals surface area contributed by atoms with Crippen molar-refractivity contribution in [1.82, 2.24) is 4.31 Å². The van der Waals surface area contributed by atoms with Crippen LogP contribution in [0.1, 0.15) is 19.4 Å². The fraction of sp³-hybridized carbons (Fsp3) is 0.462. The summed E-state index contributed by atoms with van der Waals surface area (Å²) in [5.74, 6) is -0.380. The molecule has 6 nitrogen and oxygen atoms in total. The summed E-state index contributed by atoms with van der Waals surface area (Å²) in [6.45, 7) is 4.86. The molecule has 0 saturated carbocycles. The van der Waals surface area contributed by atoms with Crippen molar-refractivity contribution in [1.29, 1.82) is 0 Å². The molecule has 3 N–H and O–H groups in total. The lowest BCUT2D eigenvalue weighted by atomic mass is 10.1. The Bertz CT molecular complexity index is 616. The molecule has 0 radical (unpaired) electrons. The summed E-state index contributed by atoms with van der Waals surface area (Å²) in [6.07, 6.45) is 0. The van der Waals surface area contributed by atoms with E-state index in [1.807, 2.05) is 0 Å². The first-order valence-electron chi connectivity index (χ1n) is 6.10. The van der Waals surface area contributed by atoms with Gasteiger partial charge in [0.1, 0.15) is 0 Å². The second-order valence-electron chi connectivity index (χ2n) is 5.44. The Kier molecular flexibility index (Phi) is 4.58. The van der Waals surface area contributed by atoms with Gasteiger partial charge in [-0.05, 0) is 38.5 Å². The molecule has 0 aliphatic rings. The van der Waals surface area contributed by atoms with E-state index in [1.54, 1.807) is 32.9 Å². The number of nitrogens with two attached hydrogens (primary N) is 1. The number of nitrogens with one attached hydrogen (secondary N) is 1. The minimum Gasteiger partial charge on any atom is -0.324 e. The number of sulfonamides is 1. The van der Waals surface area contributed by atoms with Gasteiger partial charge >= 0.3 is 0 Å². The maximum absolute atomic E-state index is 12.2. The average molecular weight is 299 g/mol. The molecule has 0 saturated heterocycles. The first kappa shape index (κ1) is 16.6. The molecule has 1 aromatic carbocycles. The van der Waals surface area contributed by atoms with Crippen molar-refractivity contribution >= 4 is 21.6 Å². The zero-order chi connectivity index (χ0) is 15.7. The van der Waals surface area contributed by atoms with Crippen molar-refractivity contribution in [2.75, 3.05) is 19.4 Å². The van der Waals surface area contributed by atoms with Crippen LogP contribution in [-0.4, -0.2) is 38.3 Å². The van der Waals surface area contributed by atoms with Gasteiger partial charge in [-0.2, -0.15) is 0 Å². The second-order valence-corrected chi connectivity index (χ2v) is 7.56. The lowest BCUT2D eigenvalue weighted by Gasteiger charge is -2.19. The molecule has 1 rings (SSSR count). The number of carbonyl (C=O) groups excluding carboxylic acids is 1. The minimum atomic E-state index is -3.55. The lowest BCUT2D eigenvalue weighted by Crippen LogP contribution is -2.45. The van der Waals surface area contributed by atoms with Gasteiger partial charge < -0.3 is 11.1 Å². The third-order valence-electron chi connectivity index (χ3n) is 2.79. The zero-order valence-electron chi connectivity index (χ0n) is 12.4. The van der Waals surface area contributed by atoms with Crippen LogP contribution in [0.3, 0.4) is 0 Å². The van der Waals surface area contributed by atoms with E-state index < -0.39 is 15.6 Å². The van der Waals surface area contributed by atoms with Crippen molar-refractivity contribution in [2.45, 2.75) is 31.2 Å². The summed E-state index contributed by atoms with van der Waals surface area (Å²) in [4.78, 5) is 12.0. The molecule has 20 heavy (non-hydrogen) atoms. The van der Waals surface area contributed by atoms with E-state index in [0.717, 1.165) is 4.31 Å². The van der Waals surface area contributed by atoms with Crippen LogP contribution in [0.2, 0.25) is 0 Å². The Hall–Kier alpha value is -1.44. The van der Waals surface area contributed by atoms with Crippen LogP contribution in [-0.2, 0) is 14.8 Å². The van der Waals surface area contributed by atoms with Gasteiger partial charge in [0, 0.05) is 19.8 Å². The van der Waals surface area contributed by atoms with Gasteiger partial charge in [0.2, 0.25) is 15.9 Å². The number of rotatable bonds is 4. The highest BCUT2D eigenvalue weighted by Crippen LogP contribution is 2.22. The molecule has 0 unspecified atom stereocenters. The van der Waals surface area contributed by atoms with Crippen LogP contribution >= 0.6 is 0 Å². The highest BCUT2D eigenvalue weighted by Gasteiger charge is 2.24. The Morgan fingerprint density at radius 3 is 2.30 bits per heavy atom. The Labute approximate surface area is 120 Å². The van der Waals surface area contributed by atoms with Crippen LogP contribution in [0.25, 0.3) is 0 Å². The van der Waals surface area contributed by atoms with E-state index in [0.29, 0.717) is 11.3 Å². The highest BCUT2D eigenvalue weighted by molar-refractivity contribution is 7.89. The third kappa shape index (κ3) is 3.56. The second kappa shape index (κ2) is 5.51. The minimum absolute atomic E-state index is 0.162. The van der Waals surface area contributed by atoms with E-state index in [4.69, 9.17) is 5.73 Å². The molecular weight excluding hydrogens is 278 g/mol. The smallest absolute Gasteiger partial charge is 0.243 e. The predicted octanol–water partition coefficient (Wildman–Crippen LogP) is 0.921. The number of nitrogens with zero attached hydrogens (tertiary/aromatic N) is 1. The molecule has 0 aliphatic heterocycles. The SMILES string of the molecule is Cc1ccc(NC(=O)C(C)(C)N)cc1S(=O)(=O)N(C)C. The lowest BCUT2D eigenvalue weighted by molar-refractivity contribution is -0.120. The molecule has 1 aromatic rings. The van der Waals surface area contributed by atoms with Gasteiger partial charge in [-0.25, -0.2) is 12.7 Å². The molecule has 0 aliphatic carbocycles. The summed E-state index contributed by atoms with van der Waals surface area (Å²) < 4.78 is 25.5. The van der Waals surface area contributed by atoms with E-state index in [9.17, 15) is 13.2 Å². The maximum Gasteiger partial charge on any atom is 0.243 e. The summed E-state index contributed by atoms with van der Waals surface area (Å²) in [5, 5.41) is 2.61. The number of carbonyl (C=O) groups is 1. The first-order valence-corrected chi connectivity index (χ1v) is 7.54. The van der Waals surface area contributed by atoms with Crippen molar-refractivity contribution in [3.8, 4) is 0 Å². The van der Waals surface area contributed by atoms with E-state index in [-0.39, 0.29) is 10.8 Å². The van der Waals surface area contributed by atoms with Crippen LogP contribution in [0, 0.1) is 6.92 Å². The van der Waals surface area contributed by atoms with Crippen LogP contribution in [0.15, 0.2) is 23.1 Å². The third-order valence-corrected chi connectivity index (χ3v) is 4.75. The molecule has 0 spiro atoms. The van der Waals surface area contributed by atoms with E-state index in [2.05, 4.69) is 5.32 Å². The van der Waals surface area contributed by atoms with Crippen molar-refractivity contribution in [3.05, 3.63) is 23.8 Å². The van der Waals surface area contributed by atoms with Crippen LogP contribution < -0.4 is 11.1 Å². The predicted molar refractivity (Wildman–Crippen MR) is 78.9 cm³/mol. The number of hydrogen-bond acceptors (Lipinski definition) is 4. The van der Waals surface area contributed by atoms with E-state index in [1.165, 1.54) is 20.2 Å². The van der Waals surface area contributed by atoms with Gasteiger partial charge in [-0.3, -0.25) is 4.79 Å². The quantitative estimate of drug-likeness (QED) is 0.864. The molecule has 0 fully saturated rings. The molecule has 0 bridgehead atoms. The average Bonchev–Trinajstić information content (AvgIpc) is 2.29. The van der Waals surface area contributed by atoms with Crippen molar-refractivity contribution in [3.63, 3.8) is 0 Å². The summed E-state index contributed by atoms with van der Waals surface area (Å²) >= 11 is 0. The van der Waals surface area contributed by atoms with Crippen molar-refractivity contribution < 1.29 is 13.2 Å². The number of aryl methyl sites for hydroxylation is 1. The van der Waals surface area contributed by atoms with Crippen molar-refractivity contribution in [2.24, 2.45) is 5.73 Å². The number of benzene rings is 1. The monoisotopic (exact) mass is 299 g/mol. The normalized spacial score (nSPS) is 12.6. The summed E-state index contributed by atoms with van der Waals surface area (Å²) in [5.41, 5.74) is 5.67. The topological polar surface area (TPSA) is 92.5 Å². The molecular formula is C13H21N3O3S. The molecule has 112 valence electrons. The zero-order valence-corrected chi connectivity index (χ0v) is 13.2. The first-order chi connectivity index (χ1) is 8.96. The summed E-state index contributed by atoms with van der Waals surface area (Å²) in [7, 11) is -0.628. The van der Waals surface area contributed by atoms with Crippen LogP contribution in [0.4, 0.5) is 5.69 Å². The van der Waals surface area contributed by atoms with Gasteiger partial charge in [0.25, 0.3) is 0 Å². The van der Waals surface area contributed by atoms with Gasteiger partial charge in [0.05, 0.1) is 10.4 Å². The highest BCUT2D eigenvalue weighted by atomic mass is 32.2.